The van der Waals surface area contributed by atoms with Crippen molar-refractivity contribution in [2.45, 2.75) is 18.2 Å². The molecule has 0 spiro atoms. The lowest BCUT2D eigenvalue weighted by Gasteiger charge is -2.10. The number of anilines is 1. The molecule has 1 aliphatic carbocycles. The number of amides is 2. The Kier molecular flexibility index (Phi) is 5.38. The van der Waals surface area contributed by atoms with Gasteiger partial charge in [-0.15, -0.1) is 0 Å². The number of rotatable bonds is 5. The van der Waals surface area contributed by atoms with Crippen LogP contribution in [0.4, 0.5) is 5.69 Å². The zero-order chi connectivity index (χ0) is 19.6. The van der Waals surface area contributed by atoms with Gasteiger partial charge in [-0.3, -0.25) is 25.2 Å². The van der Waals surface area contributed by atoms with Gasteiger partial charge in [0.05, 0.1) is 4.90 Å². The number of carbonyl (C=O) groups is 2. The van der Waals surface area contributed by atoms with Crippen LogP contribution in [0.3, 0.4) is 0 Å². The summed E-state index contributed by atoms with van der Waals surface area (Å²) in [5.41, 5.74) is 5.12. The maximum atomic E-state index is 12.5. The van der Waals surface area contributed by atoms with E-state index in [0.29, 0.717) is 16.6 Å². The second-order valence-corrected chi connectivity index (χ2v) is 8.52. The number of halogens is 1. The van der Waals surface area contributed by atoms with Crippen LogP contribution < -0.4 is 15.6 Å². The maximum absolute atomic E-state index is 12.5. The molecule has 9 heteroatoms. The summed E-state index contributed by atoms with van der Waals surface area (Å²) in [5, 5.41) is 0.485. The van der Waals surface area contributed by atoms with Crippen LogP contribution in [-0.4, -0.2) is 20.2 Å². The van der Waals surface area contributed by atoms with Gasteiger partial charge in [-0.25, -0.2) is 8.42 Å². The Morgan fingerprint density at radius 3 is 2.37 bits per heavy atom. The number of hydrogen-bond donors (Lipinski definition) is 3. The molecule has 3 N–H and O–H groups in total. The van der Waals surface area contributed by atoms with Gasteiger partial charge in [-0.05, 0) is 54.8 Å². The number of carbonyl (C=O) groups excluding carboxylic acids is 2. The number of nitrogens with one attached hydrogen (secondary N) is 3. The van der Waals surface area contributed by atoms with Crippen molar-refractivity contribution in [1.29, 1.82) is 0 Å². The minimum atomic E-state index is -3.88. The first kappa shape index (κ1) is 19.2. The third-order valence-corrected chi connectivity index (χ3v) is 5.88. The first-order valence-electron chi connectivity index (χ1n) is 8.25. The molecule has 1 fully saturated rings. The summed E-state index contributed by atoms with van der Waals surface area (Å²) in [6.45, 7) is 1.95. The van der Waals surface area contributed by atoms with Crippen molar-refractivity contribution < 1.29 is 18.0 Å². The summed E-state index contributed by atoms with van der Waals surface area (Å²) in [5.74, 6) is -0.612. The Labute approximate surface area is 162 Å². The molecule has 0 aliphatic heterocycles. The molecule has 142 valence electrons. The predicted octanol–water partition coefficient (Wildman–Crippen LogP) is 2.56. The van der Waals surface area contributed by atoms with Crippen LogP contribution in [0.25, 0.3) is 0 Å². The number of hydrazine groups is 1. The molecular formula is C18H18ClN3O4S. The lowest BCUT2D eigenvalue weighted by atomic mass is 10.2. The topological polar surface area (TPSA) is 104 Å². The lowest BCUT2D eigenvalue weighted by molar-refractivity contribution is -0.123. The molecule has 1 aliphatic rings. The summed E-state index contributed by atoms with van der Waals surface area (Å²) < 4.78 is 27.4. The normalized spacial score (nSPS) is 18.4. The standard InChI is InChI=1S/C18H18ClN3O4S/c1-11-9-16(11)18(24)21-20-17(23)12-3-2-4-15(10-12)27(25,26)22-14-7-5-13(19)6-8-14/h2-8,10-11,16,22H,9H2,1H3,(H,20,23)(H,21,24). The van der Waals surface area contributed by atoms with E-state index in [1.54, 1.807) is 12.1 Å². The van der Waals surface area contributed by atoms with Gasteiger partial charge in [0, 0.05) is 22.2 Å². The predicted molar refractivity (Wildman–Crippen MR) is 102 cm³/mol. The van der Waals surface area contributed by atoms with Crippen LogP contribution in [0.2, 0.25) is 5.02 Å². The van der Waals surface area contributed by atoms with Gasteiger partial charge in [0.2, 0.25) is 5.91 Å². The fourth-order valence-electron chi connectivity index (χ4n) is 2.51. The molecule has 0 saturated heterocycles. The molecule has 0 aromatic heterocycles. The van der Waals surface area contributed by atoms with E-state index in [1.165, 1.54) is 36.4 Å². The van der Waals surface area contributed by atoms with Gasteiger partial charge in [0.15, 0.2) is 0 Å². The lowest BCUT2D eigenvalue weighted by Crippen LogP contribution is -2.42. The number of benzene rings is 2. The molecular weight excluding hydrogens is 390 g/mol. The fourth-order valence-corrected chi connectivity index (χ4v) is 3.74. The first-order chi connectivity index (χ1) is 12.8. The molecule has 0 heterocycles. The van der Waals surface area contributed by atoms with Gasteiger partial charge >= 0.3 is 0 Å². The Hall–Kier alpha value is -2.58. The molecule has 2 atom stereocenters. The van der Waals surface area contributed by atoms with Crippen molar-refractivity contribution in [3.8, 4) is 0 Å². The molecule has 2 amide bonds. The van der Waals surface area contributed by atoms with E-state index in [-0.39, 0.29) is 22.3 Å². The summed E-state index contributed by atoms with van der Waals surface area (Å²) in [6, 6.07) is 11.7. The van der Waals surface area contributed by atoms with Crippen LogP contribution in [0.5, 0.6) is 0 Å². The van der Waals surface area contributed by atoms with Crippen LogP contribution in [0.15, 0.2) is 53.4 Å². The second-order valence-electron chi connectivity index (χ2n) is 6.40. The summed E-state index contributed by atoms with van der Waals surface area (Å²) in [4.78, 5) is 23.9. The largest absolute Gasteiger partial charge is 0.280 e. The van der Waals surface area contributed by atoms with Gasteiger partial charge in [-0.1, -0.05) is 24.6 Å². The van der Waals surface area contributed by atoms with E-state index in [4.69, 9.17) is 11.6 Å². The van der Waals surface area contributed by atoms with Gasteiger partial charge in [0.1, 0.15) is 0 Å². The van der Waals surface area contributed by atoms with Crippen LogP contribution in [0.1, 0.15) is 23.7 Å². The molecule has 2 aromatic carbocycles. The van der Waals surface area contributed by atoms with Crippen molar-refractivity contribution in [2.75, 3.05) is 4.72 Å². The zero-order valence-electron chi connectivity index (χ0n) is 14.4. The molecule has 1 saturated carbocycles. The molecule has 2 aromatic rings. The molecule has 27 heavy (non-hydrogen) atoms. The van der Waals surface area contributed by atoms with Gasteiger partial charge in [-0.2, -0.15) is 0 Å². The van der Waals surface area contributed by atoms with Gasteiger partial charge < -0.3 is 0 Å². The van der Waals surface area contributed by atoms with Crippen molar-refractivity contribution >= 4 is 39.1 Å². The average molecular weight is 408 g/mol. The quantitative estimate of drug-likeness (QED) is 0.662. The van der Waals surface area contributed by atoms with Gasteiger partial charge in [0.25, 0.3) is 15.9 Å². The van der Waals surface area contributed by atoms with Crippen LogP contribution in [-0.2, 0) is 14.8 Å². The highest BCUT2D eigenvalue weighted by Gasteiger charge is 2.39. The maximum Gasteiger partial charge on any atom is 0.269 e. The molecule has 2 unspecified atom stereocenters. The molecule has 3 rings (SSSR count). The highest BCUT2D eigenvalue weighted by atomic mass is 35.5. The minimum Gasteiger partial charge on any atom is -0.280 e. The molecule has 0 bridgehead atoms. The Morgan fingerprint density at radius 2 is 1.74 bits per heavy atom. The van der Waals surface area contributed by atoms with Crippen LogP contribution in [0, 0.1) is 11.8 Å². The summed E-state index contributed by atoms with van der Waals surface area (Å²) >= 11 is 5.79. The van der Waals surface area contributed by atoms with Crippen molar-refractivity contribution in [1.82, 2.24) is 10.9 Å². The Balaban J connectivity index is 1.69. The van der Waals surface area contributed by atoms with Crippen LogP contribution >= 0.6 is 11.6 Å². The van der Waals surface area contributed by atoms with Crippen molar-refractivity contribution in [3.63, 3.8) is 0 Å². The second kappa shape index (κ2) is 7.58. The minimum absolute atomic E-state index is 0.0766. The Morgan fingerprint density at radius 1 is 1.07 bits per heavy atom. The third-order valence-electron chi connectivity index (χ3n) is 4.25. The molecule has 0 radical (unpaired) electrons. The fraction of sp³-hybridized carbons (Fsp3) is 0.222. The third kappa shape index (κ3) is 4.78. The highest BCUT2D eigenvalue weighted by Crippen LogP contribution is 2.37. The van der Waals surface area contributed by atoms with Crippen molar-refractivity contribution in [3.05, 3.63) is 59.1 Å². The first-order valence-corrected chi connectivity index (χ1v) is 10.1. The summed E-state index contributed by atoms with van der Waals surface area (Å²) in [6.07, 6.45) is 0.797. The van der Waals surface area contributed by atoms with E-state index in [1.807, 2.05) is 6.92 Å². The van der Waals surface area contributed by atoms with E-state index >= 15 is 0 Å². The average Bonchev–Trinajstić information content (AvgIpc) is 3.38. The van der Waals surface area contributed by atoms with E-state index in [0.717, 1.165) is 6.42 Å². The van der Waals surface area contributed by atoms with Crippen molar-refractivity contribution in [2.24, 2.45) is 11.8 Å². The number of sulfonamides is 1. The SMILES string of the molecule is CC1CC1C(=O)NNC(=O)c1cccc(S(=O)(=O)Nc2ccc(Cl)cc2)c1. The molecule has 7 nitrogen and oxygen atoms in total. The monoisotopic (exact) mass is 407 g/mol. The van der Waals surface area contributed by atoms with E-state index in [9.17, 15) is 18.0 Å². The summed E-state index contributed by atoms with van der Waals surface area (Å²) in [7, 11) is -3.88. The number of hydrogen-bond acceptors (Lipinski definition) is 4. The smallest absolute Gasteiger partial charge is 0.269 e. The van der Waals surface area contributed by atoms with E-state index < -0.39 is 15.9 Å². The Bertz CT molecular complexity index is 976. The van der Waals surface area contributed by atoms with E-state index in [2.05, 4.69) is 15.6 Å². The highest BCUT2D eigenvalue weighted by molar-refractivity contribution is 7.92. The zero-order valence-corrected chi connectivity index (χ0v) is 16.0.